The molecule has 3 heteroatoms. The number of allylic oxidation sites excluding steroid dienone is 2. The fourth-order valence-electron chi connectivity index (χ4n) is 2.65. The third kappa shape index (κ3) is 8.11. The molecule has 26 heavy (non-hydrogen) atoms. The van der Waals surface area contributed by atoms with Crippen LogP contribution in [0.3, 0.4) is 0 Å². The van der Waals surface area contributed by atoms with Gasteiger partial charge in [-0.3, -0.25) is 9.59 Å². The quantitative estimate of drug-likeness (QED) is 0.254. The molecule has 2 aromatic rings. The highest BCUT2D eigenvalue weighted by atomic mass is 16.5. The number of hydrogen-bond acceptors (Lipinski definition) is 3. The van der Waals surface area contributed by atoms with Crippen molar-refractivity contribution < 1.29 is 14.3 Å². The molecule has 0 spiro atoms. The fourth-order valence-corrected chi connectivity index (χ4v) is 2.65. The Kier molecular flexibility index (Phi) is 9.99. The summed E-state index contributed by atoms with van der Waals surface area (Å²) in [7, 11) is 0. The molecule has 1 unspecified atom stereocenters. The number of rotatable bonds is 8. The average Bonchev–Trinajstić information content (AvgIpc) is 2.61. The number of fused-ring (bicyclic) bond motifs is 1. The Balaban J connectivity index is 0.000000260. The van der Waals surface area contributed by atoms with Gasteiger partial charge in [0.25, 0.3) is 6.47 Å². The van der Waals surface area contributed by atoms with Crippen LogP contribution < -0.4 is 0 Å². The second-order valence-electron chi connectivity index (χ2n) is 6.80. The third-order valence-corrected chi connectivity index (χ3v) is 4.18. The third-order valence-electron chi connectivity index (χ3n) is 4.18. The first-order chi connectivity index (χ1) is 12.5. The van der Waals surface area contributed by atoms with Crippen LogP contribution >= 0.6 is 0 Å². The Morgan fingerprint density at radius 3 is 2.38 bits per heavy atom. The summed E-state index contributed by atoms with van der Waals surface area (Å²) >= 11 is 0. The van der Waals surface area contributed by atoms with E-state index in [1.807, 2.05) is 42.5 Å². The van der Waals surface area contributed by atoms with Crippen LogP contribution in [0.5, 0.6) is 0 Å². The lowest BCUT2D eigenvalue weighted by Gasteiger charge is -2.08. The summed E-state index contributed by atoms with van der Waals surface area (Å²) in [6.07, 6.45) is 5.52. The van der Waals surface area contributed by atoms with Gasteiger partial charge in [-0.2, -0.15) is 0 Å². The van der Waals surface area contributed by atoms with Crippen LogP contribution in [0.4, 0.5) is 0 Å². The zero-order chi connectivity index (χ0) is 19.4. The van der Waals surface area contributed by atoms with Crippen LogP contribution in [-0.4, -0.2) is 18.9 Å². The predicted molar refractivity (Wildman–Crippen MR) is 108 cm³/mol. The fraction of sp³-hybridized carbons (Fsp3) is 0.391. The molecule has 0 aliphatic carbocycles. The molecule has 0 heterocycles. The van der Waals surface area contributed by atoms with Crippen molar-refractivity contribution in [3.05, 3.63) is 59.7 Å². The van der Waals surface area contributed by atoms with Gasteiger partial charge < -0.3 is 4.74 Å². The minimum atomic E-state index is 0.122. The Morgan fingerprint density at radius 2 is 1.73 bits per heavy atom. The first kappa shape index (κ1) is 21.6. The topological polar surface area (TPSA) is 43.4 Å². The van der Waals surface area contributed by atoms with Crippen LogP contribution in [-0.2, 0) is 9.53 Å². The molecule has 2 aromatic carbocycles. The molecule has 0 bridgehead atoms. The van der Waals surface area contributed by atoms with E-state index in [0.717, 1.165) is 29.2 Å². The standard InChI is InChI=1S/C12H10O.C11H20O2/c1-9(13)11-8-4-6-10-5-2-3-7-12(10)11;1-10(2)5-4-6-11(3)7-8-13-9-12/h2-8H,1H3;5,9,11H,4,6-8H2,1-3H3. The Labute approximate surface area is 157 Å². The Hall–Kier alpha value is -2.42. The van der Waals surface area contributed by atoms with Gasteiger partial charge >= 0.3 is 0 Å². The molecule has 2 rings (SSSR count). The molecule has 0 N–H and O–H groups in total. The van der Waals surface area contributed by atoms with E-state index >= 15 is 0 Å². The minimum Gasteiger partial charge on any atom is -0.468 e. The van der Waals surface area contributed by atoms with E-state index in [4.69, 9.17) is 0 Å². The Bertz CT molecular complexity index is 722. The molecule has 0 aromatic heterocycles. The average molecular weight is 354 g/mol. The summed E-state index contributed by atoms with van der Waals surface area (Å²) in [6, 6.07) is 13.7. The van der Waals surface area contributed by atoms with E-state index in [2.05, 4.69) is 31.6 Å². The number of carbonyl (C=O) groups excluding carboxylic acids is 2. The number of ketones is 1. The highest BCUT2D eigenvalue weighted by molar-refractivity contribution is 6.06. The second-order valence-corrected chi connectivity index (χ2v) is 6.80. The van der Waals surface area contributed by atoms with Crippen LogP contribution in [0.15, 0.2) is 54.1 Å². The highest BCUT2D eigenvalue weighted by Gasteiger charge is 2.03. The lowest BCUT2D eigenvalue weighted by atomic mass is 10.0. The Morgan fingerprint density at radius 1 is 1.04 bits per heavy atom. The van der Waals surface area contributed by atoms with E-state index in [1.54, 1.807) is 6.92 Å². The SMILES string of the molecule is CC(=O)c1cccc2ccccc12.CC(C)=CCCC(C)CCOC=O. The van der Waals surface area contributed by atoms with Crippen LogP contribution in [0, 0.1) is 5.92 Å². The van der Waals surface area contributed by atoms with Gasteiger partial charge in [0.15, 0.2) is 5.78 Å². The van der Waals surface area contributed by atoms with Crippen molar-refractivity contribution >= 4 is 23.0 Å². The number of carbonyl (C=O) groups is 2. The van der Waals surface area contributed by atoms with Crippen molar-refractivity contribution in [2.75, 3.05) is 6.61 Å². The molecular formula is C23H30O3. The lowest BCUT2D eigenvalue weighted by molar-refractivity contribution is -0.129. The number of hydrogen-bond donors (Lipinski definition) is 0. The van der Waals surface area contributed by atoms with E-state index in [1.165, 1.54) is 12.0 Å². The van der Waals surface area contributed by atoms with Crippen molar-refractivity contribution in [1.29, 1.82) is 0 Å². The number of benzene rings is 2. The highest BCUT2D eigenvalue weighted by Crippen LogP contribution is 2.18. The number of Topliss-reactive ketones (excluding diaryl/α,β-unsaturated/α-hetero) is 1. The van der Waals surface area contributed by atoms with Crippen LogP contribution in [0.1, 0.15) is 57.3 Å². The molecule has 0 radical (unpaired) electrons. The van der Waals surface area contributed by atoms with Crippen molar-refractivity contribution in [3.8, 4) is 0 Å². The van der Waals surface area contributed by atoms with Crippen molar-refractivity contribution in [2.24, 2.45) is 5.92 Å². The smallest absolute Gasteiger partial charge is 0.293 e. The summed E-state index contributed by atoms with van der Waals surface area (Å²) in [5.41, 5.74) is 2.18. The van der Waals surface area contributed by atoms with Crippen LogP contribution in [0.2, 0.25) is 0 Å². The predicted octanol–water partition coefficient (Wildman–Crippen LogP) is 5.97. The summed E-state index contributed by atoms with van der Waals surface area (Å²) in [5.74, 6) is 0.757. The van der Waals surface area contributed by atoms with E-state index in [0.29, 0.717) is 19.0 Å². The number of ether oxygens (including phenoxy) is 1. The molecule has 0 aliphatic heterocycles. The molecule has 0 fully saturated rings. The maximum atomic E-state index is 11.3. The van der Waals surface area contributed by atoms with Gasteiger partial charge in [-0.05, 0) is 56.7 Å². The van der Waals surface area contributed by atoms with Gasteiger partial charge in [-0.25, -0.2) is 0 Å². The lowest BCUT2D eigenvalue weighted by Crippen LogP contribution is -2.00. The zero-order valence-electron chi connectivity index (χ0n) is 16.3. The molecule has 1 atom stereocenters. The molecular weight excluding hydrogens is 324 g/mol. The molecule has 0 aliphatic rings. The summed E-state index contributed by atoms with van der Waals surface area (Å²) in [6.45, 7) is 9.08. The molecule has 140 valence electrons. The van der Waals surface area contributed by atoms with Crippen LogP contribution in [0.25, 0.3) is 10.8 Å². The van der Waals surface area contributed by atoms with Crippen molar-refractivity contribution in [2.45, 2.75) is 47.0 Å². The first-order valence-corrected chi connectivity index (χ1v) is 9.13. The molecule has 0 amide bonds. The van der Waals surface area contributed by atoms with Gasteiger partial charge in [0, 0.05) is 5.56 Å². The van der Waals surface area contributed by atoms with E-state index in [-0.39, 0.29) is 5.78 Å². The molecule has 3 nitrogen and oxygen atoms in total. The second kappa shape index (κ2) is 12.0. The molecule has 0 saturated carbocycles. The largest absolute Gasteiger partial charge is 0.468 e. The van der Waals surface area contributed by atoms with Gasteiger partial charge in [0.1, 0.15) is 0 Å². The van der Waals surface area contributed by atoms with E-state index in [9.17, 15) is 9.59 Å². The maximum absolute atomic E-state index is 11.3. The van der Waals surface area contributed by atoms with Gasteiger partial charge in [0.2, 0.25) is 0 Å². The molecule has 0 saturated heterocycles. The zero-order valence-corrected chi connectivity index (χ0v) is 16.3. The summed E-state index contributed by atoms with van der Waals surface area (Å²) in [4.78, 5) is 21.1. The van der Waals surface area contributed by atoms with Crippen molar-refractivity contribution in [3.63, 3.8) is 0 Å². The monoisotopic (exact) mass is 354 g/mol. The minimum absolute atomic E-state index is 0.122. The van der Waals surface area contributed by atoms with Gasteiger partial charge in [-0.1, -0.05) is 61.0 Å². The maximum Gasteiger partial charge on any atom is 0.293 e. The van der Waals surface area contributed by atoms with Crippen molar-refractivity contribution in [1.82, 2.24) is 0 Å². The van der Waals surface area contributed by atoms with Gasteiger partial charge in [0.05, 0.1) is 6.61 Å². The summed E-state index contributed by atoms with van der Waals surface area (Å²) < 4.78 is 4.64. The normalized spacial score (nSPS) is 11.1. The first-order valence-electron chi connectivity index (χ1n) is 9.13. The van der Waals surface area contributed by atoms with E-state index < -0.39 is 0 Å². The van der Waals surface area contributed by atoms with Gasteiger partial charge in [-0.15, -0.1) is 0 Å². The summed E-state index contributed by atoms with van der Waals surface area (Å²) in [5, 5.41) is 2.16.